The first-order valence-electron chi connectivity index (χ1n) is 9.79. The van der Waals surface area contributed by atoms with Crippen LogP contribution in [0.4, 0.5) is 5.95 Å². The number of aryl methyl sites for hydroxylation is 2. The monoisotopic (exact) mass is 372 g/mol. The standard InChI is InChI=1S/C22H24N6/c1-3-5-14-28-19-9-7-6-8-18(19)20-21(28)24-22(27-25-20)26-23-15-17-12-10-16(4-2)11-13-17/h6-13,15H,3-5,14H2,1-2H3,(H,24,26,27)/b23-15+. The number of anilines is 1. The number of aromatic nitrogens is 4. The SMILES string of the molecule is CCCCn1c2ccccc2c2nnc(N/N=C/c3ccc(CC)cc3)nc21. The molecule has 142 valence electrons. The van der Waals surface area contributed by atoms with E-state index in [1.807, 2.05) is 12.1 Å². The highest BCUT2D eigenvalue weighted by Gasteiger charge is 2.13. The van der Waals surface area contributed by atoms with Crippen molar-refractivity contribution in [2.24, 2.45) is 5.10 Å². The summed E-state index contributed by atoms with van der Waals surface area (Å²) in [6.07, 6.45) is 5.01. The van der Waals surface area contributed by atoms with Crippen molar-refractivity contribution < 1.29 is 0 Å². The van der Waals surface area contributed by atoms with Crippen LogP contribution < -0.4 is 5.43 Å². The van der Waals surface area contributed by atoms with Crippen LogP contribution in [-0.4, -0.2) is 26.0 Å². The third-order valence-electron chi connectivity index (χ3n) is 4.88. The molecule has 0 amide bonds. The van der Waals surface area contributed by atoms with Crippen LogP contribution in [0.3, 0.4) is 0 Å². The lowest BCUT2D eigenvalue weighted by atomic mass is 10.1. The van der Waals surface area contributed by atoms with Crippen molar-refractivity contribution in [1.82, 2.24) is 19.7 Å². The first-order chi connectivity index (χ1) is 13.8. The number of hydrazone groups is 1. The van der Waals surface area contributed by atoms with Gasteiger partial charge in [-0.15, -0.1) is 10.2 Å². The average Bonchev–Trinajstić information content (AvgIpc) is 3.06. The average molecular weight is 372 g/mol. The van der Waals surface area contributed by atoms with Gasteiger partial charge in [-0.3, -0.25) is 0 Å². The summed E-state index contributed by atoms with van der Waals surface area (Å²) in [5, 5.41) is 14.0. The smallest absolute Gasteiger partial charge is 0.265 e. The predicted octanol–water partition coefficient (Wildman–Crippen LogP) is 4.79. The molecule has 0 saturated heterocycles. The van der Waals surface area contributed by atoms with Crippen molar-refractivity contribution in [2.45, 2.75) is 39.7 Å². The van der Waals surface area contributed by atoms with Crippen molar-refractivity contribution in [1.29, 1.82) is 0 Å². The van der Waals surface area contributed by atoms with E-state index in [9.17, 15) is 0 Å². The van der Waals surface area contributed by atoms with E-state index in [-0.39, 0.29) is 0 Å². The molecule has 0 aliphatic heterocycles. The molecule has 0 bridgehead atoms. The van der Waals surface area contributed by atoms with Crippen molar-refractivity contribution in [3.05, 3.63) is 59.7 Å². The van der Waals surface area contributed by atoms with Gasteiger partial charge in [0.15, 0.2) is 5.65 Å². The number of unbranched alkanes of at least 4 members (excludes halogenated alkanes) is 1. The molecule has 0 spiro atoms. The molecule has 2 aromatic carbocycles. The summed E-state index contributed by atoms with van der Waals surface area (Å²) in [7, 11) is 0. The normalized spacial score (nSPS) is 11.6. The number of hydrogen-bond acceptors (Lipinski definition) is 5. The third kappa shape index (κ3) is 3.58. The quantitative estimate of drug-likeness (QED) is 0.374. The molecule has 0 saturated carbocycles. The fraction of sp³-hybridized carbons (Fsp3) is 0.273. The van der Waals surface area contributed by atoms with E-state index < -0.39 is 0 Å². The van der Waals surface area contributed by atoms with Gasteiger partial charge >= 0.3 is 0 Å². The molecule has 0 aliphatic rings. The highest BCUT2D eigenvalue weighted by molar-refractivity contribution is 6.04. The summed E-state index contributed by atoms with van der Waals surface area (Å²) >= 11 is 0. The highest BCUT2D eigenvalue weighted by atomic mass is 15.4. The molecule has 4 rings (SSSR count). The molecule has 0 radical (unpaired) electrons. The topological polar surface area (TPSA) is 68.0 Å². The van der Waals surface area contributed by atoms with Crippen LogP contribution in [0.5, 0.6) is 0 Å². The Balaban J connectivity index is 1.62. The number of fused-ring (bicyclic) bond motifs is 3. The van der Waals surface area contributed by atoms with Gasteiger partial charge in [0.05, 0.1) is 11.7 Å². The molecule has 4 aromatic rings. The van der Waals surface area contributed by atoms with Crippen LogP contribution in [0.2, 0.25) is 0 Å². The van der Waals surface area contributed by atoms with Gasteiger partial charge in [-0.25, -0.2) is 5.43 Å². The molecule has 6 nitrogen and oxygen atoms in total. The molecule has 0 fully saturated rings. The number of rotatable bonds is 7. The number of para-hydroxylation sites is 1. The summed E-state index contributed by atoms with van der Waals surface area (Å²) in [6.45, 7) is 5.24. The molecule has 2 aromatic heterocycles. The molecular weight excluding hydrogens is 348 g/mol. The van der Waals surface area contributed by atoms with Crippen LogP contribution in [-0.2, 0) is 13.0 Å². The number of hydrogen-bond donors (Lipinski definition) is 1. The van der Waals surface area contributed by atoms with Crippen molar-refractivity contribution in [2.75, 3.05) is 5.43 Å². The van der Waals surface area contributed by atoms with Gasteiger partial charge in [0.2, 0.25) is 0 Å². The second kappa shape index (κ2) is 8.17. The summed E-state index contributed by atoms with van der Waals surface area (Å²) in [4.78, 5) is 4.69. The molecule has 6 heteroatoms. The molecule has 1 N–H and O–H groups in total. The number of benzene rings is 2. The van der Waals surface area contributed by atoms with Gasteiger partial charge in [-0.2, -0.15) is 10.1 Å². The van der Waals surface area contributed by atoms with E-state index in [1.165, 1.54) is 5.56 Å². The fourth-order valence-corrected chi connectivity index (χ4v) is 3.30. The Kier molecular flexibility index (Phi) is 5.28. The van der Waals surface area contributed by atoms with E-state index in [1.54, 1.807) is 6.21 Å². The Morgan fingerprint density at radius 3 is 2.64 bits per heavy atom. The van der Waals surface area contributed by atoms with E-state index in [0.717, 1.165) is 53.4 Å². The molecule has 0 aliphatic carbocycles. The van der Waals surface area contributed by atoms with Crippen molar-refractivity contribution in [3.8, 4) is 0 Å². The predicted molar refractivity (Wildman–Crippen MR) is 115 cm³/mol. The highest BCUT2D eigenvalue weighted by Crippen LogP contribution is 2.26. The zero-order valence-electron chi connectivity index (χ0n) is 16.3. The van der Waals surface area contributed by atoms with Gasteiger partial charge in [0, 0.05) is 11.9 Å². The number of nitrogens with one attached hydrogen (secondary N) is 1. The van der Waals surface area contributed by atoms with Crippen molar-refractivity contribution >= 4 is 34.2 Å². The van der Waals surface area contributed by atoms with Crippen LogP contribution >= 0.6 is 0 Å². The first kappa shape index (κ1) is 18.1. The van der Waals surface area contributed by atoms with E-state index in [0.29, 0.717) is 5.95 Å². The van der Waals surface area contributed by atoms with Crippen molar-refractivity contribution in [3.63, 3.8) is 0 Å². The number of nitrogens with zero attached hydrogens (tertiary/aromatic N) is 5. The zero-order valence-corrected chi connectivity index (χ0v) is 16.3. The summed E-state index contributed by atoms with van der Waals surface area (Å²) < 4.78 is 2.22. The first-order valence-corrected chi connectivity index (χ1v) is 9.79. The maximum absolute atomic E-state index is 4.69. The molecular formula is C22H24N6. The van der Waals surface area contributed by atoms with Gasteiger partial charge in [0.25, 0.3) is 5.95 Å². The molecule has 2 heterocycles. The van der Waals surface area contributed by atoms with Crippen LogP contribution in [0.1, 0.15) is 37.8 Å². The summed E-state index contributed by atoms with van der Waals surface area (Å²) in [5.74, 6) is 0.398. The lowest BCUT2D eigenvalue weighted by Gasteiger charge is -2.05. The second-order valence-electron chi connectivity index (χ2n) is 6.80. The maximum Gasteiger partial charge on any atom is 0.265 e. The Labute approximate surface area is 164 Å². The minimum Gasteiger partial charge on any atom is -0.324 e. The lowest BCUT2D eigenvalue weighted by molar-refractivity contribution is 0.660. The van der Waals surface area contributed by atoms with Gasteiger partial charge < -0.3 is 4.57 Å². The minimum absolute atomic E-state index is 0.398. The second-order valence-corrected chi connectivity index (χ2v) is 6.80. The molecule has 28 heavy (non-hydrogen) atoms. The lowest BCUT2D eigenvalue weighted by Crippen LogP contribution is -2.03. The van der Waals surface area contributed by atoms with Gasteiger partial charge in [-0.05, 0) is 30.0 Å². The fourth-order valence-electron chi connectivity index (χ4n) is 3.30. The van der Waals surface area contributed by atoms with Crippen LogP contribution in [0.15, 0.2) is 53.6 Å². The Morgan fingerprint density at radius 2 is 1.86 bits per heavy atom. The molecule has 0 unspecified atom stereocenters. The third-order valence-corrected chi connectivity index (χ3v) is 4.88. The Bertz CT molecular complexity index is 1110. The Morgan fingerprint density at radius 1 is 1.04 bits per heavy atom. The minimum atomic E-state index is 0.398. The summed E-state index contributed by atoms with van der Waals surface area (Å²) in [6, 6.07) is 16.6. The van der Waals surface area contributed by atoms with E-state index in [4.69, 9.17) is 0 Å². The van der Waals surface area contributed by atoms with Gasteiger partial charge in [-0.1, -0.05) is 62.7 Å². The van der Waals surface area contributed by atoms with E-state index >= 15 is 0 Å². The Hall–Kier alpha value is -3.28. The van der Waals surface area contributed by atoms with E-state index in [2.05, 4.69) is 80.5 Å². The van der Waals surface area contributed by atoms with Gasteiger partial charge in [0.1, 0.15) is 5.52 Å². The van der Waals surface area contributed by atoms with Crippen LogP contribution in [0, 0.1) is 0 Å². The summed E-state index contributed by atoms with van der Waals surface area (Å²) in [5.41, 5.74) is 8.06. The largest absolute Gasteiger partial charge is 0.324 e. The maximum atomic E-state index is 4.69. The van der Waals surface area contributed by atoms with Crippen LogP contribution in [0.25, 0.3) is 22.1 Å². The zero-order chi connectivity index (χ0) is 19.3. The molecule has 0 atom stereocenters.